The smallest absolute Gasteiger partial charge is 0.0954 e. The van der Waals surface area contributed by atoms with E-state index in [1.807, 2.05) is 36.6 Å². The van der Waals surface area contributed by atoms with Gasteiger partial charge in [0.2, 0.25) is 0 Å². The maximum Gasteiger partial charge on any atom is 0.0954 e. The third-order valence-electron chi connectivity index (χ3n) is 2.40. The summed E-state index contributed by atoms with van der Waals surface area (Å²) in [6.45, 7) is 2.01. The van der Waals surface area contributed by atoms with E-state index >= 15 is 0 Å². The maximum absolute atomic E-state index is 10.0. The molecule has 0 saturated carbocycles. The van der Waals surface area contributed by atoms with Crippen LogP contribution in [0.1, 0.15) is 22.2 Å². The van der Waals surface area contributed by atoms with Crippen molar-refractivity contribution in [3.63, 3.8) is 0 Å². The summed E-state index contributed by atoms with van der Waals surface area (Å²) in [5.74, 6) is 0. The molecule has 1 aromatic heterocycles. The second kappa shape index (κ2) is 4.55. The first-order valence-corrected chi connectivity index (χ1v) is 5.77. The molecule has 2 rings (SSSR count). The number of benzene rings is 1. The molecular formula is C12H13NOS. The van der Waals surface area contributed by atoms with E-state index in [-0.39, 0.29) is 0 Å². The molecule has 1 N–H and O–H groups in total. The van der Waals surface area contributed by atoms with Crippen molar-refractivity contribution in [3.05, 3.63) is 52.0 Å². The third kappa shape index (κ3) is 2.43. The molecule has 0 aliphatic carbocycles. The Hall–Kier alpha value is -1.19. The number of aryl methyl sites for hydroxylation is 1. The zero-order valence-corrected chi connectivity index (χ0v) is 9.37. The number of aliphatic hydroxyl groups excluding tert-OH is 1. The molecule has 0 bridgehead atoms. The van der Waals surface area contributed by atoms with Crippen LogP contribution in [0.25, 0.3) is 0 Å². The number of aromatic nitrogens is 1. The van der Waals surface area contributed by atoms with Crippen LogP contribution in [0, 0.1) is 6.92 Å². The number of nitrogens with zero attached hydrogens (tertiary/aromatic N) is 1. The molecule has 1 heterocycles. The molecule has 0 amide bonds. The summed E-state index contributed by atoms with van der Waals surface area (Å²) in [7, 11) is 0. The highest BCUT2D eigenvalue weighted by Gasteiger charge is 2.11. The van der Waals surface area contributed by atoms with Gasteiger partial charge in [0, 0.05) is 18.0 Å². The first kappa shape index (κ1) is 10.3. The highest BCUT2D eigenvalue weighted by Crippen LogP contribution is 2.21. The predicted molar refractivity (Wildman–Crippen MR) is 62.0 cm³/mol. The summed E-state index contributed by atoms with van der Waals surface area (Å²) < 4.78 is 0. The van der Waals surface area contributed by atoms with Gasteiger partial charge in [0.05, 0.1) is 11.1 Å². The zero-order valence-electron chi connectivity index (χ0n) is 8.55. The van der Waals surface area contributed by atoms with Crippen molar-refractivity contribution in [2.24, 2.45) is 0 Å². The molecule has 0 aliphatic rings. The van der Waals surface area contributed by atoms with E-state index in [0.29, 0.717) is 6.42 Å². The normalized spacial score (nSPS) is 12.7. The lowest BCUT2D eigenvalue weighted by atomic mass is 10.0. The highest BCUT2D eigenvalue weighted by atomic mass is 32.1. The lowest BCUT2D eigenvalue weighted by Gasteiger charge is -2.11. The summed E-state index contributed by atoms with van der Waals surface area (Å²) in [5, 5.41) is 12.9. The van der Waals surface area contributed by atoms with Crippen LogP contribution in [-0.4, -0.2) is 10.1 Å². The third-order valence-corrected chi connectivity index (χ3v) is 3.20. The molecule has 0 aliphatic heterocycles. The molecule has 0 radical (unpaired) electrons. The van der Waals surface area contributed by atoms with E-state index in [4.69, 9.17) is 0 Å². The van der Waals surface area contributed by atoms with Gasteiger partial charge in [-0.25, -0.2) is 4.98 Å². The first-order valence-electron chi connectivity index (χ1n) is 4.89. The van der Waals surface area contributed by atoms with Gasteiger partial charge in [-0.1, -0.05) is 24.3 Å². The van der Waals surface area contributed by atoms with E-state index in [0.717, 1.165) is 16.1 Å². The van der Waals surface area contributed by atoms with Gasteiger partial charge in [-0.3, -0.25) is 0 Å². The van der Waals surface area contributed by atoms with E-state index < -0.39 is 6.10 Å². The Balaban J connectivity index is 2.15. The monoisotopic (exact) mass is 219 g/mol. The van der Waals surface area contributed by atoms with Crippen LogP contribution in [0.3, 0.4) is 0 Å². The number of hydrogen-bond acceptors (Lipinski definition) is 3. The fourth-order valence-electron chi connectivity index (χ4n) is 1.59. The van der Waals surface area contributed by atoms with E-state index in [1.165, 1.54) is 0 Å². The van der Waals surface area contributed by atoms with E-state index in [2.05, 4.69) is 4.98 Å². The van der Waals surface area contributed by atoms with Crippen molar-refractivity contribution >= 4 is 11.3 Å². The average molecular weight is 219 g/mol. The topological polar surface area (TPSA) is 33.1 Å². The molecule has 1 unspecified atom stereocenters. The fraction of sp³-hybridized carbons (Fsp3) is 0.250. The van der Waals surface area contributed by atoms with Crippen LogP contribution in [0.5, 0.6) is 0 Å². The van der Waals surface area contributed by atoms with Crippen molar-refractivity contribution in [2.45, 2.75) is 19.4 Å². The standard InChI is InChI=1S/C12H13NOS/c1-9-4-2-3-5-10(9)11(14)8-12-13-6-7-15-12/h2-7,11,14H,8H2,1H3. The second-order valence-corrected chi connectivity index (χ2v) is 4.48. The van der Waals surface area contributed by atoms with Crippen LogP contribution in [-0.2, 0) is 6.42 Å². The quantitative estimate of drug-likeness (QED) is 0.861. The van der Waals surface area contributed by atoms with Crippen LogP contribution < -0.4 is 0 Å². The summed E-state index contributed by atoms with van der Waals surface area (Å²) in [6, 6.07) is 7.91. The van der Waals surface area contributed by atoms with Gasteiger partial charge in [-0.2, -0.15) is 0 Å². The van der Waals surface area contributed by atoms with E-state index in [1.54, 1.807) is 17.5 Å². The Kier molecular flexibility index (Phi) is 3.14. The van der Waals surface area contributed by atoms with Crippen molar-refractivity contribution in [1.82, 2.24) is 4.98 Å². The molecule has 1 aromatic carbocycles. The fourth-order valence-corrected chi connectivity index (χ4v) is 2.24. The van der Waals surface area contributed by atoms with E-state index in [9.17, 15) is 5.11 Å². The summed E-state index contributed by atoms with van der Waals surface area (Å²) in [6.07, 6.45) is 1.92. The number of hydrogen-bond donors (Lipinski definition) is 1. The molecule has 2 aromatic rings. The van der Waals surface area contributed by atoms with Crippen LogP contribution in [0.15, 0.2) is 35.8 Å². The van der Waals surface area contributed by atoms with Gasteiger partial charge in [-0.15, -0.1) is 11.3 Å². The van der Waals surface area contributed by atoms with Gasteiger partial charge >= 0.3 is 0 Å². The van der Waals surface area contributed by atoms with Gasteiger partial charge in [-0.05, 0) is 18.1 Å². The largest absolute Gasteiger partial charge is 0.388 e. The lowest BCUT2D eigenvalue weighted by Crippen LogP contribution is -2.03. The maximum atomic E-state index is 10.0. The Bertz CT molecular complexity index is 425. The second-order valence-electron chi connectivity index (χ2n) is 3.50. The van der Waals surface area contributed by atoms with Crippen molar-refractivity contribution in [3.8, 4) is 0 Å². The minimum Gasteiger partial charge on any atom is -0.388 e. The molecule has 0 saturated heterocycles. The molecule has 3 heteroatoms. The minimum atomic E-state index is -0.447. The van der Waals surface area contributed by atoms with Crippen molar-refractivity contribution in [2.75, 3.05) is 0 Å². The van der Waals surface area contributed by atoms with Gasteiger partial charge in [0.1, 0.15) is 0 Å². The minimum absolute atomic E-state index is 0.447. The number of rotatable bonds is 3. The predicted octanol–water partition coefficient (Wildman–Crippen LogP) is 2.73. The Labute approximate surface area is 93.2 Å². The Morgan fingerprint density at radius 1 is 1.40 bits per heavy atom. The number of aliphatic hydroxyl groups is 1. The van der Waals surface area contributed by atoms with Crippen LogP contribution in [0.4, 0.5) is 0 Å². The molecule has 0 spiro atoms. The van der Waals surface area contributed by atoms with Crippen molar-refractivity contribution in [1.29, 1.82) is 0 Å². The molecule has 78 valence electrons. The summed E-state index contributed by atoms with van der Waals surface area (Å²) in [4.78, 5) is 4.17. The number of thiazole rings is 1. The summed E-state index contributed by atoms with van der Waals surface area (Å²) >= 11 is 1.58. The SMILES string of the molecule is Cc1ccccc1C(O)Cc1nccs1. The Morgan fingerprint density at radius 3 is 2.87 bits per heavy atom. The molecule has 1 atom stereocenters. The summed E-state index contributed by atoms with van der Waals surface area (Å²) in [5.41, 5.74) is 2.12. The van der Waals surface area contributed by atoms with Crippen molar-refractivity contribution < 1.29 is 5.11 Å². The zero-order chi connectivity index (χ0) is 10.7. The highest BCUT2D eigenvalue weighted by molar-refractivity contribution is 7.09. The van der Waals surface area contributed by atoms with Gasteiger partial charge < -0.3 is 5.11 Å². The lowest BCUT2D eigenvalue weighted by molar-refractivity contribution is 0.177. The van der Waals surface area contributed by atoms with Crippen LogP contribution in [0.2, 0.25) is 0 Å². The van der Waals surface area contributed by atoms with Gasteiger partial charge in [0.25, 0.3) is 0 Å². The Morgan fingerprint density at radius 2 is 2.20 bits per heavy atom. The first-order chi connectivity index (χ1) is 7.27. The molecule has 0 fully saturated rings. The van der Waals surface area contributed by atoms with Crippen LogP contribution >= 0.6 is 11.3 Å². The van der Waals surface area contributed by atoms with Gasteiger partial charge in [0.15, 0.2) is 0 Å². The average Bonchev–Trinajstić information content (AvgIpc) is 2.71. The molecule has 15 heavy (non-hydrogen) atoms. The molecular weight excluding hydrogens is 206 g/mol. The molecule has 2 nitrogen and oxygen atoms in total.